The highest BCUT2D eigenvalue weighted by atomic mass is 19.4. The normalized spacial score (nSPS) is 19.3. The Hall–Kier alpha value is -2.24. The molecule has 0 unspecified atom stereocenters. The molecule has 2 rings (SSSR count). The fraction of sp³-hybridized carbons (Fsp3) is 0.577. The third-order valence-electron chi connectivity index (χ3n) is 5.54. The number of halogens is 3. The van der Waals surface area contributed by atoms with E-state index >= 15 is 0 Å². The Morgan fingerprint density at radius 3 is 2.72 bits per heavy atom. The molecule has 1 aliphatic rings. The van der Waals surface area contributed by atoms with Crippen LogP contribution in [0.5, 0.6) is 5.75 Å². The molecular formula is C26H35F3O3. The summed E-state index contributed by atoms with van der Waals surface area (Å²) in [7, 11) is 0. The molecule has 32 heavy (non-hydrogen) atoms. The van der Waals surface area contributed by atoms with Crippen molar-refractivity contribution >= 4 is 5.97 Å². The largest absolute Gasteiger partial charge is 0.493 e. The van der Waals surface area contributed by atoms with Gasteiger partial charge in [-0.2, -0.15) is 13.2 Å². The molecule has 0 spiro atoms. The highest BCUT2D eigenvalue weighted by molar-refractivity contribution is 5.69. The lowest BCUT2D eigenvalue weighted by Crippen LogP contribution is -2.10. The van der Waals surface area contributed by atoms with Gasteiger partial charge in [0.15, 0.2) is 0 Å². The van der Waals surface area contributed by atoms with Gasteiger partial charge in [-0.15, -0.1) is 0 Å². The minimum absolute atomic E-state index is 0.0578. The molecule has 3 nitrogen and oxygen atoms in total. The Morgan fingerprint density at radius 2 is 1.97 bits per heavy atom. The van der Waals surface area contributed by atoms with Crippen molar-refractivity contribution in [3.63, 3.8) is 0 Å². The number of hydrogen-bond donors (Lipinski definition) is 0. The van der Waals surface area contributed by atoms with Gasteiger partial charge in [-0.25, -0.2) is 0 Å². The molecule has 2 atom stereocenters. The van der Waals surface area contributed by atoms with Gasteiger partial charge < -0.3 is 9.47 Å². The first kappa shape index (κ1) is 26.0. The number of carbonyl (C=O) groups excluding carboxylic acids is 1. The predicted octanol–water partition coefficient (Wildman–Crippen LogP) is 7.52. The molecule has 0 amide bonds. The van der Waals surface area contributed by atoms with Crippen molar-refractivity contribution in [2.45, 2.75) is 77.5 Å². The van der Waals surface area contributed by atoms with E-state index in [-0.39, 0.29) is 17.8 Å². The number of ether oxygens (including phenoxy) is 2. The average molecular weight is 453 g/mol. The maximum Gasteiger partial charge on any atom is 0.416 e. The van der Waals surface area contributed by atoms with Gasteiger partial charge in [-0.3, -0.25) is 4.79 Å². The van der Waals surface area contributed by atoms with Gasteiger partial charge in [-0.05, 0) is 82.4 Å². The van der Waals surface area contributed by atoms with E-state index < -0.39 is 11.7 Å². The van der Waals surface area contributed by atoms with Gasteiger partial charge in [0.25, 0.3) is 0 Å². The third-order valence-corrected chi connectivity index (χ3v) is 5.54. The van der Waals surface area contributed by atoms with E-state index in [2.05, 4.69) is 24.3 Å². The smallest absolute Gasteiger partial charge is 0.416 e. The van der Waals surface area contributed by atoms with E-state index in [0.717, 1.165) is 31.4 Å². The van der Waals surface area contributed by atoms with Crippen molar-refractivity contribution in [2.24, 2.45) is 11.8 Å². The Kier molecular flexibility index (Phi) is 10.8. The molecular weight excluding hydrogens is 417 g/mol. The lowest BCUT2D eigenvalue weighted by atomic mass is 9.92. The third kappa shape index (κ3) is 9.92. The fourth-order valence-corrected chi connectivity index (χ4v) is 3.96. The SMILES string of the molecule is CC(C)OC(=O)CCC/C=C\C[C@H]1CCC[C@@H]1/C=C/CCOc1cccc(C(F)(F)F)c1. The topological polar surface area (TPSA) is 35.5 Å². The number of hydrogen-bond acceptors (Lipinski definition) is 3. The van der Waals surface area contributed by atoms with E-state index in [1.54, 1.807) is 6.07 Å². The summed E-state index contributed by atoms with van der Waals surface area (Å²) in [5, 5.41) is 0. The first-order valence-electron chi connectivity index (χ1n) is 11.6. The number of allylic oxidation sites excluding steroid dienone is 3. The van der Waals surface area contributed by atoms with Crippen molar-refractivity contribution < 1.29 is 27.4 Å². The van der Waals surface area contributed by atoms with Crippen LogP contribution in [-0.4, -0.2) is 18.7 Å². The molecule has 1 aromatic rings. The molecule has 178 valence electrons. The summed E-state index contributed by atoms with van der Waals surface area (Å²) < 4.78 is 48.9. The average Bonchev–Trinajstić information content (AvgIpc) is 3.16. The second-order valence-electron chi connectivity index (χ2n) is 8.58. The van der Waals surface area contributed by atoms with Crippen LogP contribution in [0.15, 0.2) is 48.6 Å². The van der Waals surface area contributed by atoms with Crippen molar-refractivity contribution in [1.82, 2.24) is 0 Å². The standard InChI is InChI=1S/C26H35F3O3/c1-20(2)32-25(30)17-6-4-3-5-11-21-13-9-14-22(21)12-7-8-18-31-24-16-10-15-23(19-24)26(27,28)29/h3,5,7,10,12,15-16,19-22H,4,6,8-9,11,13-14,17-18H2,1-2H3/b5-3-,12-7+/t21-,22-/m0/s1. The van der Waals surface area contributed by atoms with Crippen molar-refractivity contribution in [3.8, 4) is 5.75 Å². The zero-order chi connectivity index (χ0) is 23.4. The van der Waals surface area contributed by atoms with E-state index in [1.165, 1.54) is 25.3 Å². The van der Waals surface area contributed by atoms with Crippen molar-refractivity contribution in [3.05, 3.63) is 54.1 Å². The van der Waals surface area contributed by atoms with E-state index in [9.17, 15) is 18.0 Å². The molecule has 0 saturated heterocycles. The van der Waals surface area contributed by atoms with Crippen LogP contribution in [0.4, 0.5) is 13.2 Å². The van der Waals surface area contributed by atoms with Gasteiger partial charge in [0.2, 0.25) is 0 Å². The molecule has 1 aliphatic carbocycles. The maximum absolute atomic E-state index is 12.8. The molecule has 1 fully saturated rings. The van der Waals surface area contributed by atoms with Gasteiger partial charge in [0.1, 0.15) is 5.75 Å². The summed E-state index contributed by atoms with van der Waals surface area (Å²) in [6.07, 6.45) is 11.7. The molecule has 0 aliphatic heterocycles. The minimum Gasteiger partial charge on any atom is -0.493 e. The molecule has 0 radical (unpaired) electrons. The van der Waals surface area contributed by atoms with Crippen LogP contribution in [0, 0.1) is 11.8 Å². The Bertz CT molecular complexity index is 753. The first-order valence-corrected chi connectivity index (χ1v) is 11.6. The lowest BCUT2D eigenvalue weighted by Gasteiger charge is -2.14. The minimum atomic E-state index is -4.36. The Morgan fingerprint density at radius 1 is 1.16 bits per heavy atom. The monoisotopic (exact) mass is 452 g/mol. The fourth-order valence-electron chi connectivity index (χ4n) is 3.96. The van der Waals surface area contributed by atoms with Gasteiger partial charge in [0.05, 0.1) is 18.3 Å². The highest BCUT2D eigenvalue weighted by Gasteiger charge is 2.30. The van der Waals surface area contributed by atoms with Crippen LogP contribution in [-0.2, 0) is 15.7 Å². The number of unbranched alkanes of at least 4 members (excludes halogenated alkanes) is 1. The number of esters is 1. The van der Waals surface area contributed by atoms with E-state index in [0.29, 0.717) is 31.3 Å². The van der Waals surface area contributed by atoms with Crippen LogP contribution < -0.4 is 4.74 Å². The molecule has 0 N–H and O–H groups in total. The van der Waals surface area contributed by atoms with E-state index in [1.807, 2.05) is 13.8 Å². The van der Waals surface area contributed by atoms with E-state index in [4.69, 9.17) is 9.47 Å². The highest BCUT2D eigenvalue weighted by Crippen LogP contribution is 2.35. The summed E-state index contributed by atoms with van der Waals surface area (Å²) in [5.41, 5.74) is -0.692. The van der Waals surface area contributed by atoms with Gasteiger partial charge >= 0.3 is 12.1 Å². The molecule has 1 aromatic carbocycles. The zero-order valence-corrected chi connectivity index (χ0v) is 19.1. The second-order valence-corrected chi connectivity index (χ2v) is 8.58. The molecule has 6 heteroatoms. The van der Waals surface area contributed by atoms with Gasteiger partial charge in [-0.1, -0.05) is 36.8 Å². The summed E-state index contributed by atoms with van der Waals surface area (Å²) >= 11 is 0. The van der Waals surface area contributed by atoms with Crippen molar-refractivity contribution in [1.29, 1.82) is 0 Å². The Labute approximate surface area is 189 Å². The van der Waals surface area contributed by atoms with Crippen LogP contribution in [0.3, 0.4) is 0 Å². The maximum atomic E-state index is 12.8. The number of carbonyl (C=O) groups is 1. The molecule has 0 aromatic heterocycles. The summed E-state index contributed by atoms with van der Waals surface area (Å²) in [6.45, 7) is 4.07. The summed E-state index contributed by atoms with van der Waals surface area (Å²) in [6, 6.07) is 4.99. The first-order chi connectivity index (χ1) is 15.3. The number of rotatable bonds is 12. The van der Waals surface area contributed by atoms with Crippen LogP contribution >= 0.6 is 0 Å². The summed E-state index contributed by atoms with van der Waals surface area (Å²) in [4.78, 5) is 11.5. The molecule has 1 saturated carbocycles. The Balaban J connectivity index is 1.65. The predicted molar refractivity (Wildman–Crippen MR) is 120 cm³/mol. The molecule has 0 heterocycles. The van der Waals surface area contributed by atoms with Crippen molar-refractivity contribution in [2.75, 3.05) is 6.61 Å². The molecule has 0 bridgehead atoms. The second kappa shape index (κ2) is 13.3. The van der Waals surface area contributed by atoms with Crippen LogP contribution in [0.2, 0.25) is 0 Å². The quantitative estimate of drug-likeness (QED) is 0.187. The number of alkyl halides is 3. The summed E-state index contributed by atoms with van der Waals surface area (Å²) in [5.74, 6) is 1.27. The lowest BCUT2D eigenvalue weighted by molar-refractivity contribution is -0.147. The van der Waals surface area contributed by atoms with Crippen LogP contribution in [0.1, 0.15) is 70.8 Å². The van der Waals surface area contributed by atoms with Crippen LogP contribution in [0.25, 0.3) is 0 Å². The zero-order valence-electron chi connectivity index (χ0n) is 19.1. The van der Waals surface area contributed by atoms with Gasteiger partial charge in [0, 0.05) is 6.42 Å². The number of benzene rings is 1.